The Balaban J connectivity index is 1.34. The zero-order valence-corrected chi connectivity index (χ0v) is 18.4. The first-order chi connectivity index (χ1) is 15.6. The van der Waals surface area contributed by atoms with Crippen molar-refractivity contribution in [2.75, 3.05) is 25.3 Å². The summed E-state index contributed by atoms with van der Waals surface area (Å²) in [5.74, 6) is 1.25. The van der Waals surface area contributed by atoms with Gasteiger partial charge in [0.15, 0.2) is 0 Å². The summed E-state index contributed by atoms with van der Waals surface area (Å²) in [7, 11) is 3.12. The monoisotopic (exact) mass is 447 g/mol. The molecule has 4 aromatic rings. The first-order valence-corrected chi connectivity index (χ1v) is 10.7. The van der Waals surface area contributed by atoms with E-state index in [1.54, 1.807) is 44.9 Å². The van der Waals surface area contributed by atoms with Gasteiger partial charge in [-0.1, -0.05) is 23.9 Å². The zero-order chi connectivity index (χ0) is 22.3. The Morgan fingerprint density at radius 2 is 1.75 bits per heavy atom. The minimum atomic E-state index is -0.161. The largest absolute Gasteiger partial charge is 0.497 e. The predicted molar refractivity (Wildman–Crippen MR) is 123 cm³/mol. The molecular weight excluding hydrogens is 426 g/mol. The van der Waals surface area contributed by atoms with Crippen molar-refractivity contribution in [1.29, 1.82) is 0 Å². The van der Waals surface area contributed by atoms with E-state index in [0.29, 0.717) is 22.2 Å². The van der Waals surface area contributed by atoms with E-state index >= 15 is 0 Å². The summed E-state index contributed by atoms with van der Waals surface area (Å²) in [5, 5.41) is 12.0. The number of benzene rings is 2. The number of imidazole rings is 1. The van der Waals surface area contributed by atoms with Gasteiger partial charge >= 0.3 is 0 Å². The molecule has 2 aromatic heterocycles. The number of ether oxygens (including phenoxy) is 2. The molecule has 2 heterocycles. The molecule has 1 amide bonds. The molecule has 2 aromatic carbocycles. The summed E-state index contributed by atoms with van der Waals surface area (Å²) < 4.78 is 12.4. The molecule has 0 spiro atoms. The number of hydrogen-bond acceptors (Lipinski definition) is 7. The lowest BCUT2D eigenvalue weighted by Crippen LogP contribution is -2.14. The van der Waals surface area contributed by atoms with Crippen molar-refractivity contribution < 1.29 is 14.3 Å². The molecule has 0 unspecified atom stereocenters. The zero-order valence-electron chi connectivity index (χ0n) is 17.6. The number of hydrogen-bond donors (Lipinski definition) is 1. The SMILES string of the molecule is COc1cc(NC(=O)CSc2ccc(-c3ccc(-n4ccnc4)cc3)nn2)cc(OC)c1. The van der Waals surface area contributed by atoms with Crippen LogP contribution in [0.4, 0.5) is 5.69 Å². The number of amides is 1. The number of aromatic nitrogens is 4. The van der Waals surface area contributed by atoms with Crippen LogP contribution in [0.2, 0.25) is 0 Å². The summed E-state index contributed by atoms with van der Waals surface area (Å²) in [5.41, 5.74) is 3.35. The molecule has 1 N–H and O–H groups in total. The number of methoxy groups -OCH3 is 2. The third-order valence-corrected chi connectivity index (χ3v) is 5.51. The van der Waals surface area contributed by atoms with Gasteiger partial charge in [0.05, 0.1) is 32.0 Å². The van der Waals surface area contributed by atoms with Crippen LogP contribution in [0.25, 0.3) is 16.9 Å². The molecule has 0 aliphatic carbocycles. The molecule has 0 radical (unpaired) electrons. The predicted octanol–water partition coefficient (Wildman–Crippen LogP) is 4.08. The maximum Gasteiger partial charge on any atom is 0.234 e. The lowest BCUT2D eigenvalue weighted by Gasteiger charge is -2.09. The second kappa shape index (κ2) is 9.97. The quantitative estimate of drug-likeness (QED) is 0.407. The van der Waals surface area contributed by atoms with Crippen LogP contribution in [0.1, 0.15) is 0 Å². The van der Waals surface area contributed by atoms with Gasteiger partial charge in [0.25, 0.3) is 0 Å². The van der Waals surface area contributed by atoms with Crippen molar-refractivity contribution in [2.45, 2.75) is 5.03 Å². The van der Waals surface area contributed by atoms with Gasteiger partial charge in [-0.3, -0.25) is 4.79 Å². The van der Waals surface area contributed by atoms with Crippen molar-refractivity contribution in [3.05, 3.63) is 73.3 Å². The summed E-state index contributed by atoms with van der Waals surface area (Å²) in [4.78, 5) is 16.4. The first kappa shape index (κ1) is 21.4. The van der Waals surface area contributed by atoms with Crippen LogP contribution < -0.4 is 14.8 Å². The van der Waals surface area contributed by atoms with E-state index in [0.717, 1.165) is 16.9 Å². The fourth-order valence-corrected chi connectivity index (χ4v) is 3.60. The van der Waals surface area contributed by atoms with Crippen molar-refractivity contribution in [1.82, 2.24) is 19.7 Å². The second-order valence-corrected chi connectivity index (χ2v) is 7.71. The van der Waals surface area contributed by atoms with Crippen LogP contribution in [-0.2, 0) is 4.79 Å². The van der Waals surface area contributed by atoms with Crippen LogP contribution in [0, 0.1) is 0 Å². The van der Waals surface area contributed by atoms with Crippen molar-refractivity contribution in [2.24, 2.45) is 0 Å². The Morgan fingerprint density at radius 3 is 2.34 bits per heavy atom. The number of nitrogens with zero attached hydrogens (tertiary/aromatic N) is 4. The van der Waals surface area contributed by atoms with Crippen LogP contribution in [0.5, 0.6) is 11.5 Å². The fourth-order valence-electron chi connectivity index (χ4n) is 2.98. The summed E-state index contributed by atoms with van der Waals surface area (Å²) >= 11 is 1.31. The van der Waals surface area contributed by atoms with Gasteiger partial charge in [-0.15, -0.1) is 10.2 Å². The molecule has 0 aliphatic heterocycles. The Hall–Kier alpha value is -3.85. The molecule has 32 heavy (non-hydrogen) atoms. The summed E-state index contributed by atoms with van der Waals surface area (Å²) in [6, 6.07) is 16.9. The number of carbonyl (C=O) groups is 1. The van der Waals surface area contributed by atoms with Crippen molar-refractivity contribution in [3.8, 4) is 28.4 Å². The smallest absolute Gasteiger partial charge is 0.234 e. The Morgan fingerprint density at radius 1 is 1.00 bits per heavy atom. The summed E-state index contributed by atoms with van der Waals surface area (Å²) in [6.45, 7) is 0. The number of anilines is 1. The molecule has 8 nitrogen and oxygen atoms in total. The van der Waals surface area contributed by atoms with Crippen molar-refractivity contribution >= 4 is 23.4 Å². The lowest BCUT2D eigenvalue weighted by molar-refractivity contribution is -0.113. The van der Waals surface area contributed by atoms with Crippen LogP contribution in [0.15, 0.2) is 78.3 Å². The molecule has 0 bridgehead atoms. The van der Waals surface area contributed by atoms with E-state index < -0.39 is 0 Å². The van der Waals surface area contributed by atoms with E-state index in [4.69, 9.17) is 9.47 Å². The minimum Gasteiger partial charge on any atom is -0.497 e. The average Bonchev–Trinajstić information content (AvgIpc) is 3.38. The molecule has 0 aliphatic rings. The molecule has 0 saturated carbocycles. The minimum absolute atomic E-state index is 0.161. The highest BCUT2D eigenvalue weighted by Crippen LogP contribution is 2.26. The highest BCUT2D eigenvalue weighted by molar-refractivity contribution is 7.99. The van der Waals surface area contributed by atoms with E-state index in [1.807, 2.05) is 47.2 Å². The fraction of sp³-hybridized carbons (Fsp3) is 0.130. The molecule has 162 valence electrons. The topological polar surface area (TPSA) is 91.2 Å². The lowest BCUT2D eigenvalue weighted by atomic mass is 10.1. The maximum atomic E-state index is 12.3. The standard InChI is InChI=1S/C23H21N5O3S/c1-30-19-11-17(12-20(13-19)31-2)25-22(29)14-32-23-8-7-21(26-27-23)16-3-5-18(6-4-16)28-10-9-24-15-28/h3-13,15H,14H2,1-2H3,(H,25,29). The molecule has 0 saturated heterocycles. The van der Waals surface area contributed by atoms with E-state index in [2.05, 4.69) is 20.5 Å². The van der Waals surface area contributed by atoms with Gasteiger partial charge in [-0.2, -0.15) is 0 Å². The molecule has 4 rings (SSSR count). The van der Waals surface area contributed by atoms with Crippen LogP contribution >= 0.6 is 11.8 Å². The molecule has 0 fully saturated rings. The molecule has 0 atom stereocenters. The number of carbonyl (C=O) groups excluding carboxylic acids is 1. The van der Waals surface area contributed by atoms with Crippen molar-refractivity contribution in [3.63, 3.8) is 0 Å². The summed E-state index contributed by atoms with van der Waals surface area (Å²) in [6.07, 6.45) is 5.38. The van der Waals surface area contributed by atoms with Crippen LogP contribution in [0.3, 0.4) is 0 Å². The second-order valence-electron chi connectivity index (χ2n) is 6.71. The Bertz CT molecular complexity index is 1160. The number of nitrogens with one attached hydrogen (secondary N) is 1. The van der Waals surface area contributed by atoms with Gasteiger partial charge in [-0.25, -0.2) is 4.98 Å². The maximum absolute atomic E-state index is 12.3. The van der Waals surface area contributed by atoms with E-state index in [9.17, 15) is 4.79 Å². The third-order valence-electron chi connectivity index (χ3n) is 4.59. The Labute approximate surface area is 189 Å². The van der Waals surface area contributed by atoms with E-state index in [1.165, 1.54) is 11.8 Å². The number of rotatable bonds is 8. The third kappa shape index (κ3) is 5.25. The highest BCUT2D eigenvalue weighted by atomic mass is 32.2. The normalized spacial score (nSPS) is 10.6. The highest BCUT2D eigenvalue weighted by Gasteiger charge is 2.09. The molecule has 9 heteroatoms. The van der Waals surface area contributed by atoms with Gasteiger partial charge in [0.1, 0.15) is 16.5 Å². The van der Waals surface area contributed by atoms with Gasteiger partial charge in [-0.05, 0) is 24.3 Å². The number of thioether (sulfide) groups is 1. The van der Waals surface area contributed by atoms with Gasteiger partial charge in [0, 0.05) is 47.5 Å². The average molecular weight is 448 g/mol. The molecular formula is C23H21N5O3S. The first-order valence-electron chi connectivity index (χ1n) is 9.73. The van der Waals surface area contributed by atoms with Gasteiger partial charge in [0.2, 0.25) is 5.91 Å². The van der Waals surface area contributed by atoms with Gasteiger partial charge < -0.3 is 19.4 Å². The Kier molecular flexibility index (Phi) is 6.66. The van der Waals surface area contributed by atoms with Crippen LogP contribution in [-0.4, -0.2) is 45.6 Å². The van der Waals surface area contributed by atoms with E-state index in [-0.39, 0.29) is 11.7 Å².